The molecule has 0 N–H and O–H groups in total. The maximum atomic E-state index is 11.8. The van der Waals surface area contributed by atoms with Gasteiger partial charge < -0.3 is 14.4 Å². The molecule has 0 spiro atoms. The highest BCUT2D eigenvalue weighted by Crippen LogP contribution is 2.29. The molecule has 130 valence electrons. The lowest BCUT2D eigenvalue weighted by molar-refractivity contribution is 0.0520. The van der Waals surface area contributed by atoms with Crippen molar-refractivity contribution in [2.45, 2.75) is 20.3 Å². The fraction of sp³-hybridized carbons (Fsp3) is 0.467. The van der Waals surface area contributed by atoms with Crippen LogP contribution in [-0.4, -0.2) is 48.0 Å². The number of carbonyl (C=O) groups is 1. The average molecular weight is 371 g/mol. The van der Waals surface area contributed by atoms with Crippen LogP contribution in [0, 0.1) is 6.92 Å². The number of halogens is 1. The molecule has 2 aromatic heterocycles. The van der Waals surface area contributed by atoms with Crippen LogP contribution < -0.4 is 4.90 Å². The van der Waals surface area contributed by atoms with Gasteiger partial charge in [0.05, 0.1) is 6.61 Å². The van der Waals surface area contributed by atoms with Crippen molar-refractivity contribution in [3.8, 4) is 0 Å². The van der Waals surface area contributed by atoms with E-state index in [2.05, 4.69) is 15.2 Å². The average Bonchev–Trinajstić information content (AvgIpc) is 3.04. The van der Waals surface area contributed by atoms with Gasteiger partial charge >= 0.3 is 5.97 Å². The van der Waals surface area contributed by atoms with Gasteiger partial charge in [0, 0.05) is 25.6 Å². The third-order valence-corrected chi connectivity index (χ3v) is 4.36. The number of carbonyl (C=O) groups excluding carboxylic acids is 1. The second-order valence-electron chi connectivity index (χ2n) is 4.91. The lowest BCUT2D eigenvalue weighted by atomic mass is 10.3. The summed E-state index contributed by atoms with van der Waals surface area (Å²) in [6, 6.07) is 1.84. The van der Waals surface area contributed by atoms with E-state index in [4.69, 9.17) is 21.1 Å². The van der Waals surface area contributed by atoms with E-state index in [1.165, 1.54) is 11.3 Å². The number of thiazole rings is 1. The van der Waals surface area contributed by atoms with E-state index in [0.717, 1.165) is 12.0 Å². The Hall–Kier alpha value is -1.77. The topological polar surface area (TPSA) is 77.4 Å². The predicted octanol–water partition coefficient (Wildman–Crippen LogP) is 3.25. The summed E-state index contributed by atoms with van der Waals surface area (Å²) in [6.45, 7) is 5.16. The van der Waals surface area contributed by atoms with Gasteiger partial charge in [0.15, 0.2) is 21.8 Å². The van der Waals surface area contributed by atoms with Crippen molar-refractivity contribution in [3.05, 3.63) is 27.9 Å². The molecule has 0 aromatic carbocycles. The quantitative estimate of drug-likeness (QED) is 0.521. The van der Waals surface area contributed by atoms with Gasteiger partial charge in [-0.15, -0.1) is 21.5 Å². The Morgan fingerprint density at radius 3 is 2.88 bits per heavy atom. The first-order chi connectivity index (χ1) is 11.6. The van der Waals surface area contributed by atoms with Gasteiger partial charge in [-0.05, 0) is 31.9 Å². The molecule has 9 heteroatoms. The first-order valence-corrected chi connectivity index (χ1v) is 8.71. The lowest BCUT2D eigenvalue weighted by Crippen LogP contribution is -2.21. The van der Waals surface area contributed by atoms with Crippen molar-refractivity contribution in [2.24, 2.45) is 0 Å². The van der Waals surface area contributed by atoms with E-state index < -0.39 is 5.97 Å². The van der Waals surface area contributed by atoms with E-state index >= 15 is 0 Å². The number of methoxy groups -OCH3 is 1. The summed E-state index contributed by atoms with van der Waals surface area (Å²) in [4.78, 5) is 18.1. The van der Waals surface area contributed by atoms with Crippen LogP contribution in [0.2, 0.25) is 5.15 Å². The lowest BCUT2D eigenvalue weighted by Gasteiger charge is -2.20. The smallest absolute Gasteiger partial charge is 0.357 e. The minimum Gasteiger partial charge on any atom is -0.461 e. The predicted molar refractivity (Wildman–Crippen MR) is 93.3 cm³/mol. The van der Waals surface area contributed by atoms with Crippen LogP contribution in [0.1, 0.15) is 29.4 Å². The first kappa shape index (κ1) is 18.6. The van der Waals surface area contributed by atoms with Crippen molar-refractivity contribution >= 4 is 39.9 Å². The summed E-state index contributed by atoms with van der Waals surface area (Å²) in [5.41, 5.74) is 1.10. The van der Waals surface area contributed by atoms with E-state index in [0.29, 0.717) is 35.9 Å². The summed E-state index contributed by atoms with van der Waals surface area (Å²) < 4.78 is 10.1. The van der Waals surface area contributed by atoms with Gasteiger partial charge in [-0.25, -0.2) is 9.78 Å². The van der Waals surface area contributed by atoms with Crippen LogP contribution in [0.4, 0.5) is 10.9 Å². The number of esters is 1. The van der Waals surface area contributed by atoms with Crippen molar-refractivity contribution in [3.63, 3.8) is 0 Å². The molecule has 2 aromatic rings. The molecule has 0 radical (unpaired) electrons. The molecule has 0 saturated heterocycles. The van der Waals surface area contributed by atoms with Crippen molar-refractivity contribution in [1.29, 1.82) is 0 Å². The van der Waals surface area contributed by atoms with Crippen LogP contribution in [0.3, 0.4) is 0 Å². The molecule has 24 heavy (non-hydrogen) atoms. The van der Waals surface area contributed by atoms with Crippen LogP contribution in [-0.2, 0) is 9.47 Å². The molecular weight excluding hydrogens is 352 g/mol. The number of hydrogen-bond donors (Lipinski definition) is 0. The van der Waals surface area contributed by atoms with Crippen molar-refractivity contribution in [2.75, 3.05) is 31.8 Å². The van der Waals surface area contributed by atoms with Crippen molar-refractivity contribution < 1.29 is 14.3 Å². The molecule has 0 saturated carbocycles. The molecule has 0 amide bonds. The molecule has 2 heterocycles. The number of aryl methyl sites for hydroxylation is 1. The van der Waals surface area contributed by atoms with Crippen LogP contribution in [0.5, 0.6) is 0 Å². The number of hydrogen-bond acceptors (Lipinski definition) is 8. The Morgan fingerprint density at radius 2 is 2.21 bits per heavy atom. The minimum atomic E-state index is -0.435. The molecular formula is C15H19ClN4O3S. The molecule has 0 aliphatic carbocycles. The number of aromatic nitrogens is 3. The second-order valence-corrected chi connectivity index (χ2v) is 6.10. The maximum Gasteiger partial charge on any atom is 0.357 e. The van der Waals surface area contributed by atoms with Gasteiger partial charge in [-0.2, -0.15) is 0 Å². The van der Waals surface area contributed by atoms with E-state index in [1.54, 1.807) is 19.4 Å². The van der Waals surface area contributed by atoms with E-state index in [9.17, 15) is 4.79 Å². The summed E-state index contributed by atoms with van der Waals surface area (Å²) >= 11 is 7.30. The largest absolute Gasteiger partial charge is 0.461 e. The molecule has 0 atom stereocenters. The number of ether oxygens (including phenoxy) is 2. The Balaban J connectivity index is 2.28. The van der Waals surface area contributed by atoms with Crippen LogP contribution in [0.15, 0.2) is 11.4 Å². The van der Waals surface area contributed by atoms with Gasteiger partial charge in [0.25, 0.3) is 0 Å². The molecule has 0 aliphatic heterocycles. The van der Waals surface area contributed by atoms with Crippen LogP contribution >= 0.6 is 22.9 Å². The number of anilines is 2. The number of nitrogens with zero attached hydrogens (tertiary/aromatic N) is 4. The molecule has 7 nitrogen and oxygen atoms in total. The highest BCUT2D eigenvalue weighted by atomic mass is 35.5. The van der Waals surface area contributed by atoms with Crippen molar-refractivity contribution in [1.82, 2.24) is 15.2 Å². The van der Waals surface area contributed by atoms with Gasteiger partial charge in [-0.1, -0.05) is 11.6 Å². The highest BCUT2D eigenvalue weighted by Gasteiger charge is 2.19. The summed E-state index contributed by atoms with van der Waals surface area (Å²) in [7, 11) is 1.65. The standard InChI is InChI=1S/C15H19ClN4O3S/c1-4-23-14(21)11-9-24-15(17-11)20(6-5-7-22-3)12-8-10(2)13(16)19-18-12/h8-9H,4-7H2,1-3H3. The fourth-order valence-corrected chi connectivity index (χ4v) is 2.87. The Morgan fingerprint density at radius 1 is 1.42 bits per heavy atom. The van der Waals surface area contributed by atoms with E-state index in [-0.39, 0.29) is 5.69 Å². The van der Waals surface area contributed by atoms with Gasteiger partial charge in [0.1, 0.15) is 0 Å². The SMILES string of the molecule is CCOC(=O)c1csc(N(CCCOC)c2cc(C)c(Cl)nn2)n1. The Bertz CT molecular complexity index is 695. The molecule has 0 unspecified atom stereocenters. The third-order valence-electron chi connectivity index (χ3n) is 3.13. The fourth-order valence-electron chi connectivity index (χ4n) is 1.95. The zero-order chi connectivity index (χ0) is 17.5. The highest BCUT2D eigenvalue weighted by molar-refractivity contribution is 7.14. The van der Waals surface area contributed by atoms with E-state index in [1.807, 2.05) is 17.9 Å². The summed E-state index contributed by atoms with van der Waals surface area (Å²) in [5, 5.41) is 10.8. The maximum absolute atomic E-state index is 11.8. The first-order valence-electron chi connectivity index (χ1n) is 7.45. The minimum absolute atomic E-state index is 0.284. The molecule has 2 rings (SSSR count). The molecule has 0 bridgehead atoms. The zero-order valence-electron chi connectivity index (χ0n) is 13.8. The summed E-state index contributed by atoms with van der Waals surface area (Å²) in [6.07, 6.45) is 0.772. The number of rotatable bonds is 8. The normalized spacial score (nSPS) is 10.7. The van der Waals surface area contributed by atoms with Gasteiger partial charge in [0.2, 0.25) is 0 Å². The second kappa shape index (κ2) is 8.91. The zero-order valence-corrected chi connectivity index (χ0v) is 15.4. The van der Waals surface area contributed by atoms with Gasteiger partial charge in [-0.3, -0.25) is 0 Å². The third kappa shape index (κ3) is 4.62. The Kier molecular flexibility index (Phi) is 6.89. The van der Waals surface area contributed by atoms with Crippen LogP contribution in [0.25, 0.3) is 0 Å². The summed E-state index contributed by atoms with van der Waals surface area (Å²) in [5.74, 6) is 0.188. The molecule has 0 aliphatic rings. The monoisotopic (exact) mass is 370 g/mol. The Labute approximate surface area is 149 Å². The molecule has 0 fully saturated rings.